The average molecular weight is 290 g/mol. The Morgan fingerprint density at radius 3 is 2.53 bits per heavy atom. The number of rotatable bonds is 3. The molecular weight excluding hydrogens is 271 g/mol. The minimum atomic E-state index is 0.368. The van der Waals surface area contributed by atoms with Crippen molar-refractivity contribution < 1.29 is 0 Å². The third-order valence-electron chi connectivity index (χ3n) is 2.18. The smallest absolute Gasteiger partial charge is 0.0408 e. The maximum atomic E-state index is 5.95. The molecule has 1 aromatic carbocycles. The van der Waals surface area contributed by atoms with Gasteiger partial charge in [-0.05, 0) is 36.0 Å². The van der Waals surface area contributed by atoms with Gasteiger partial charge >= 0.3 is 0 Å². The molecule has 1 unspecified atom stereocenters. The Labute approximate surface area is 106 Å². The molecule has 0 fully saturated rings. The molecule has 0 bridgehead atoms. The number of benzene rings is 1. The summed E-state index contributed by atoms with van der Waals surface area (Å²) in [6.45, 7) is 6.79. The average Bonchev–Trinajstić information content (AvgIpc) is 1.99. The van der Waals surface area contributed by atoms with Gasteiger partial charge in [0, 0.05) is 9.85 Å². The van der Waals surface area contributed by atoms with Crippen molar-refractivity contribution in [3.63, 3.8) is 0 Å². The van der Waals surface area contributed by atoms with Crippen molar-refractivity contribution >= 4 is 27.5 Å². The van der Waals surface area contributed by atoms with Crippen LogP contribution < -0.4 is 0 Å². The topological polar surface area (TPSA) is 0 Å². The van der Waals surface area contributed by atoms with Crippen molar-refractivity contribution in [1.29, 1.82) is 0 Å². The van der Waals surface area contributed by atoms with Crippen LogP contribution in [0.4, 0.5) is 0 Å². The quantitative estimate of drug-likeness (QED) is 0.681. The van der Waals surface area contributed by atoms with E-state index < -0.39 is 0 Å². The summed E-state index contributed by atoms with van der Waals surface area (Å²) in [7, 11) is 0. The van der Waals surface area contributed by atoms with Gasteiger partial charge in [-0.2, -0.15) is 0 Å². The zero-order valence-electron chi connectivity index (χ0n) is 9.56. The van der Waals surface area contributed by atoms with Gasteiger partial charge in [-0.3, -0.25) is 0 Å². The normalized spacial score (nSPS) is 13.9. The molecule has 0 saturated heterocycles. The maximum absolute atomic E-state index is 5.95. The lowest BCUT2D eigenvalue weighted by Gasteiger charge is -2.22. The van der Waals surface area contributed by atoms with Gasteiger partial charge in [0.1, 0.15) is 0 Å². The third-order valence-corrected chi connectivity index (χ3v) is 3.06. The largest absolute Gasteiger partial charge is 0.0887 e. The van der Waals surface area contributed by atoms with E-state index in [1.54, 1.807) is 0 Å². The first kappa shape index (κ1) is 13.1. The zero-order valence-corrected chi connectivity index (χ0v) is 11.9. The van der Waals surface area contributed by atoms with Crippen LogP contribution in [-0.4, -0.2) is 4.83 Å². The van der Waals surface area contributed by atoms with Crippen LogP contribution >= 0.6 is 27.5 Å². The summed E-state index contributed by atoms with van der Waals surface area (Å²) >= 11 is 9.68. The fraction of sp³-hybridized carbons (Fsp3) is 0.538. The first-order valence-corrected chi connectivity index (χ1v) is 6.55. The van der Waals surface area contributed by atoms with Crippen molar-refractivity contribution in [3.05, 3.63) is 34.9 Å². The molecule has 1 aromatic rings. The van der Waals surface area contributed by atoms with E-state index in [4.69, 9.17) is 11.6 Å². The van der Waals surface area contributed by atoms with E-state index in [9.17, 15) is 0 Å². The van der Waals surface area contributed by atoms with Crippen LogP contribution in [0.3, 0.4) is 0 Å². The molecule has 0 aliphatic carbocycles. The van der Waals surface area contributed by atoms with Gasteiger partial charge < -0.3 is 0 Å². The number of hydrogen-bond donors (Lipinski definition) is 0. The van der Waals surface area contributed by atoms with Gasteiger partial charge in [0.05, 0.1) is 0 Å². The molecule has 0 radical (unpaired) electrons. The van der Waals surface area contributed by atoms with Crippen LogP contribution in [0.2, 0.25) is 5.02 Å². The molecule has 2 heteroatoms. The molecule has 0 heterocycles. The van der Waals surface area contributed by atoms with E-state index in [1.807, 2.05) is 18.2 Å². The molecule has 0 saturated carbocycles. The van der Waals surface area contributed by atoms with Gasteiger partial charge in [-0.15, -0.1) is 0 Å². The van der Waals surface area contributed by atoms with Crippen molar-refractivity contribution in [2.24, 2.45) is 5.41 Å². The van der Waals surface area contributed by atoms with Crippen LogP contribution in [0.5, 0.6) is 0 Å². The van der Waals surface area contributed by atoms with Gasteiger partial charge in [0.2, 0.25) is 0 Å². The Morgan fingerprint density at radius 1 is 1.33 bits per heavy atom. The van der Waals surface area contributed by atoms with Crippen molar-refractivity contribution in [3.8, 4) is 0 Å². The molecule has 84 valence electrons. The fourth-order valence-corrected chi connectivity index (χ4v) is 3.21. The fourth-order valence-electron chi connectivity index (χ4n) is 1.66. The van der Waals surface area contributed by atoms with E-state index >= 15 is 0 Å². The second-order valence-corrected chi connectivity index (χ2v) is 6.93. The molecule has 1 rings (SSSR count). The SMILES string of the molecule is CC(C)(C)CC(Br)Cc1cccc(Cl)c1. The monoisotopic (exact) mass is 288 g/mol. The lowest BCUT2D eigenvalue weighted by atomic mass is 9.89. The van der Waals surface area contributed by atoms with Gasteiger partial charge in [0.25, 0.3) is 0 Å². The Balaban J connectivity index is 2.55. The predicted octanol–water partition coefficient (Wildman–Crippen LogP) is 5.08. The highest BCUT2D eigenvalue weighted by molar-refractivity contribution is 9.09. The predicted molar refractivity (Wildman–Crippen MR) is 71.9 cm³/mol. The highest BCUT2D eigenvalue weighted by Gasteiger charge is 2.16. The van der Waals surface area contributed by atoms with E-state index in [-0.39, 0.29) is 0 Å². The van der Waals surface area contributed by atoms with Gasteiger partial charge in [-0.25, -0.2) is 0 Å². The first-order valence-electron chi connectivity index (χ1n) is 5.25. The lowest BCUT2D eigenvalue weighted by Crippen LogP contribution is -2.14. The minimum absolute atomic E-state index is 0.368. The summed E-state index contributed by atoms with van der Waals surface area (Å²) in [5, 5.41) is 0.822. The second kappa shape index (κ2) is 5.36. The third kappa shape index (κ3) is 5.58. The van der Waals surface area contributed by atoms with E-state index in [0.717, 1.165) is 11.4 Å². The van der Waals surface area contributed by atoms with Crippen molar-refractivity contribution in [2.45, 2.75) is 38.4 Å². The molecule has 0 N–H and O–H groups in total. The Morgan fingerprint density at radius 2 is 2.00 bits per heavy atom. The van der Waals surface area contributed by atoms with Gasteiger partial charge in [-0.1, -0.05) is 60.4 Å². The van der Waals surface area contributed by atoms with Crippen LogP contribution in [0.1, 0.15) is 32.8 Å². The van der Waals surface area contributed by atoms with Gasteiger partial charge in [0.15, 0.2) is 0 Å². The van der Waals surface area contributed by atoms with Crippen molar-refractivity contribution in [2.75, 3.05) is 0 Å². The Bertz CT molecular complexity index is 315. The summed E-state index contributed by atoms with van der Waals surface area (Å²) < 4.78 is 0. The Hall–Kier alpha value is -0.0100. The summed E-state index contributed by atoms with van der Waals surface area (Å²) in [5.74, 6) is 0. The first-order chi connectivity index (χ1) is 6.87. The molecule has 0 nitrogen and oxygen atoms in total. The zero-order chi connectivity index (χ0) is 11.5. The number of halogens is 2. The molecule has 1 atom stereocenters. The highest BCUT2D eigenvalue weighted by atomic mass is 79.9. The molecule has 0 amide bonds. The van der Waals surface area contributed by atoms with Crippen LogP contribution in [0.15, 0.2) is 24.3 Å². The molecule has 0 aromatic heterocycles. The van der Waals surface area contributed by atoms with E-state index in [1.165, 1.54) is 12.0 Å². The van der Waals surface area contributed by atoms with E-state index in [2.05, 4.69) is 42.8 Å². The standard InChI is InChI=1S/C13H18BrCl/c1-13(2,3)9-11(14)7-10-5-4-6-12(15)8-10/h4-6,8,11H,7,9H2,1-3H3. The second-order valence-electron chi connectivity index (χ2n) is 5.20. The number of hydrogen-bond acceptors (Lipinski definition) is 0. The number of alkyl halides is 1. The van der Waals surface area contributed by atoms with Crippen LogP contribution in [0.25, 0.3) is 0 Å². The Kier molecular flexibility index (Phi) is 4.66. The molecule has 0 spiro atoms. The maximum Gasteiger partial charge on any atom is 0.0408 e. The molecular formula is C13H18BrCl. The summed E-state index contributed by atoms with van der Waals surface area (Å²) in [5.41, 5.74) is 1.67. The summed E-state index contributed by atoms with van der Waals surface area (Å²) in [6, 6.07) is 8.09. The van der Waals surface area contributed by atoms with Crippen molar-refractivity contribution in [1.82, 2.24) is 0 Å². The lowest BCUT2D eigenvalue weighted by molar-refractivity contribution is 0.373. The molecule has 0 aliphatic rings. The summed E-state index contributed by atoms with van der Waals surface area (Å²) in [6.07, 6.45) is 2.21. The van der Waals surface area contributed by atoms with Crippen LogP contribution in [-0.2, 0) is 6.42 Å². The summed E-state index contributed by atoms with van der Waals surface area (Å²) in [4.78, 5) is 0.524. The van der Waals surface area contributed by atoms with E-state index in [0.29, 0.717) is 10.2 Å². The molecule has 0 aliphatic heterocycles. The van der Waals surface area contributed by atoms with Crippen LogP contribution in [0, 0.1) is 5.41 Å². The molecule has 15 heavy (non-hydrogen) atoms. The minimum Gasteiger partial charge on any atom is -0.0887 e. The highest BCUT2D eigenvalue weighted by Crippen LogP contribution is 2.27.